The Morgan fingerprint density at radius 3 is 3.09 bits per heavy atom. The van der Waals surface area contributed by atoms with Crippen molar-refractivity contribution in [1.82, 2.24) is 4.98 Å². The molecule has 0 aliphatic heterocycles. The van der Waals surface area contributed by atoms with E-state index in [0.29, 0.717) is 10.9 Å². The van der Waals surface area contributed by atoms with Crippen LogP contribution in [0.1, 0.15) is 12.6 Å². The van der Waals surface area contributed by atoms with Gasteiger partial charge in [0.05, 0.1) is 5.69 Å². The minimum Gasteiger partial charge on any atom is -0.302 e. The maximum Gasteiger partial charge on any atom is 0.223 e. The molecule has 0 aliphatic carbocycles. The van der Waals surface area contributed by atoms with Gasteiger partial charge < -0.3 is 5.32 Å². The molecule has 0 unspecified atom stereocenters. The van der Waals surface area contributed by atoms with E-state index in [9.17, 15) is 4.79 Å². The van der Waals surface area contributed by atoms with Gasteiger partial charge in [0.25, 0.3) is 0 Å². The van der Waals surface area contributed by atoms with Gasteiger partial charge in [0.1, 0.15) is 0 Å². The molecule has 5 heteroatoms. The Hall–Kier alpha value is -0.550. The van der Waals surface area contributed by atoms with Crippen LogP contribution in [0.25, 0.3) is 0 Å². The molecule has 0 saturated carbocycles. The predicted molar refractivity (Wildman–Crippen MR) is 49.1 cm³/mol. The van der Waals surface area contributed by atoms with Gasteiger partial charge >= 0.3 is 0 Å². The minimum absolute atomic E-state index is 0.0925. The van der Waals surface area contributed by atoms with Crippen LogP contribution in [-0.2, 0) is 10.5 Å². The SMILES string of the molecule is CC(=O)Nc1nc(CS)cs1. The van der Waals surface area contributed by atoms with Crippen molar-refractivity contribution in [3.8, 4) is 0 Å². The van der Waals surface area contributed by atoms with Gasteiger partial charge in [0.2, 0.25) is 5.91 Å². The third kappa shape index (κ3) is 2.51. The number of nitrogens with one attached hydrogen (secondary N) is 1. The first-order chi connectivity index (χ1) is 5.22. The Balaban J connectivity index is 2.65. The highest BCUT2D eigenvalue weighted by Gasteiger charge is 2.00. The third-order valence-corrected chi connectivity index (χ3v) is 2.13. The van der Waals surface area contributed by atoms with Crippen molar-refractivity contribution in [2.75, 3.05) is 5.32 Å². The fourth-order valence-electron chi connectivity index (χ4n) is 0.588. The monoisotopic (exact) mass is 188 g/mol. The van der Waals surface area contributed by atoms with Crippen LogP contribution in [0.2, 0.25) is 0 Å². The van der Waals surface area contributed by atoms with E-state index >= 15 is 0 Å². The van der Waals surface area contributed by atoms with Crippen molar-refractivity contribution >= 4 is 35.0 Å². The zero-order valence-corrected chi connectivity index (χ0v) is 7.71. The number of anilines is 1. The second-order valence-electron chi connectivity index (χ2n) is 1.98. The molecule has 0 radical (unpaired) electrons. The van der Waals surface area contributed by atoms with Gasteiger partial charge in [0.15, 0.2) is 5.13 Å². The number of amides is 1. The average molecular weight is 188 g/mol. The molecule has 1 heterocycles. The van der Waals surface area contributed by atoms with Gasteiger partial charge in [-0.15, -0.1) is 11.3 Å². The number of rotatable bonds is 2. The molecule has 1 amide bonds. The second kappa shape index (κ2) is 3.73. The number of carbonyl (C=O) groups excluding carboxylic acids is 1. The van der Waals surface area contributed by atoms with Crippen molar-refractivity contribution in [1.29, 1.82) is 0 Å². The first-order valence-corrected chi connectivity index (χ1v) is 4.56. The summed E-state index contributed by atoms with van der Waals surface area (Å²) in [5.41, 5.74) is 0.891. The van der Waals surface area contributed by atoms with Crippen molar-refractivity contribution in [3.63, 3.8) is 0 Å². The van der Waals surface area contributed by atoms with Crippen LogP contribution >= 0.6 is 24.0 Å². The Kier molecular flexibility index (Phi) is 2.90. The van der Waals surface area contributed by atoms with Crippen molar-refractivity contribution < 1.29 is 4.79 Å². The molecule has 0 saturated heterocycles. The highest BCUT2D eigenvalue weighted by molar-refractivity contribution is 7.79. The lowest BCUT2D eigenvalue weighted by Gasteiger charge is -1.92. The smallest absolute Gasteiger partial charge is 0.223 e. The molecule has 1 aromatic rings. The first kappa shape index (κ1) is 8.55. The fourth-order valence-corrected chi connectivity index (χ4v) is 1.63. The van der Waals surface area contributed by atoms with E-state index in [2.05, 4.69) is 22.9 Å². The molecule has 1 rings (SSSR count). The van der Waals surface area contributed by atoms with E-state index < -0.39 is 0 Å². The lowest BCUT2D eigenvalue weighted by molar-refractivity contribution is -0.114. The number of thiazole rings is 1. The summed E-state index contributed by atoms with van der Waals surface area (Å²) in [6.07, 6.45) is 0. The maximum absolute atomic E-state index is 10.5. The van der Waals surface area contributed by atoms with E-state index in [1.165, 1.54) is 18.3 Å². The number of nitrogens with zero attached hydrogens (tertiary/aromatic N) is 1. The minimum atomic E-state index is -0.0925. The van der Waals surface area contributed by atoms with E-state index in [4.69, 9.17) is 0 Å². The first-order valence-electron chi connectivity index (χ1n) is 3.05. The molecule has 0 aromatic carbocycles. The summed E-state index contributed by atoms with van der Waals surface area (Å²) in [7, 11) is 0. The number of hydrogen-bond acceptors (Lipinski definition) is 4. The van der Waals surface area contributed by atoms with Gasteiger partial charge in [0, 0.05) is 18.1 Å². The van der Waals surface area contributed by atoms with Crippen LogP contribution in [0.3, 0.4) is 0 Å². The van der Waals surface area contributed by atoms with Crippen LogP contribution < -0.4 is 5.32 Å². The predicted octanol–water partition coefficient (Wildman–Crippen LogP) is 1.53. The highest BCUT2D eigenvalue weighted by atomic mass is 32.1. The summed E-state index contributed by atoms with van der Waals surface area (Å²) in [4.78, 5) is 14.6. The number of hydrogen-bond donors (Lipinski definition) is 2. The molecule has 0 aliphatic rings. The molecule has 1 N–H and O–H groups in total. The second-order valence-corrected chi connectivity index (χ2v) is 3.16. The third-order valence-electron chi connectivity index (χ3n) is 0.997. The van der Waals surface area contributed by atoms with Crippen LogP contribution in [0.4, 0.5) is 5.13 Å². The molecule has 11 heavy (non-hydrogen) atoms. The topological polar surface area (TPSA) is 42.0 Å². The summed E-state index contributed by atoms with van der Waals surface area (Å²) in [6, 6.07) is 0. The molecule has 0 fully saturated rings. The van der Waals surface area contributed by atoms with Crippen molar-refractivity contribution in [2.45, 2.75) is 12.7 Å². The quantitative estimate of drug-likeness (QED) is 0.691. The fraction of sp³-hybridized carbons (Fsp3) is 0.333. The molecular weight excluding hydrogens is 180 g/mol. The molecule has 60 valence electrons. The summed E-state index contributed by atoms with van der Waals surface area (Å²) >= 11 is 5.46. The zero-order valence-electron chi connectivity index (χ0n) is 6.00. The van der Waals surface area contributed by atoms with Gasteiger partial charge in [-0.1, -0.05) is 0 Å². The van der Waals surface area contributed by atoms with Gasteiger partial charge in [-0.2, -0.15) is 12.6 Å². The molecule has 1 aromatic heterocycles. The van der Waals surface area contributed by atoms with Crippen molar-refractivity contribution in [3.05, 3.63) is 11.1 Å². The van der Waals surface area contributed by atoms with Crippen molar-refractivity contribution in [2.24, 2.45) is 0 Å². The Morgan fingerprint density at radius 1 is 1.91 bits per heavy atom. The Morgan fingerprint density at radius 2 is 2.64 bits per heavy atom. The number of carbonyl (C=O) groups is 1. The van der Waals surface area contributed by atoms with Crippen LogP contribution in [0, 0.1) is 0 Å². The van der Waals surface area contributed by atoms with E-state index in [-0.39, 0.29) is 5.91 Å². The summed E-state index contributed by atoms with van der Waals surface area (Å²) in [6.45, 7) is 1.46. The van der Waals surface area contributed by atoms with E-state index in [1.54, 1.807) is 0 Å². The summed E-state index contributed by atoms with van der Waals surface area (Å²) < 4.78 is 0. The normalized spacial score (nSPS) is 9.64. The van der Waals surface area contributed by atoms with Crippen LogP contribution in [0.5, 0.6) is 0 Å². The van der Waals surface area contributed by atoms with Gasteiger partial charge in [-0.25, -0.2) is 4.98 Å². The molecule has 0 spiro atoms. The summed E-state index contributed by atoms with van der Waals surface area (Å²) in [5, 5.41) is 5.11. The number of aromatic nitrogens is 1. The molecule has 0 atom stereocenters. The average Bonchev–Trinajstić information content (AvgIpc) is 2.34. The van der Waals surface area contributed by atoms with Gasteiger partial charge in [-0.3, -0.25) is 4.79 Å². The molecule has 0 bridgehead atoms. The molecule has 3 nitrogen and oxygen atoms in total. The van der Waals surface area contributed by atoms with E-state index in [0.717, 1.165) is 5.69 Å². The standard InChI is InChI=1S/C6H8N2OS2/c1-4(9)7-6-8-5(2-10)3-11-6/h3,10H,2H2,1H3,(H,7,8,9). The lowest BCUT2D eigenvalue weighted by Crippen LogP contribution is -2.05. The number of thiol groups is 1. The largest absolute Gasteiger partial charge is 0.302 e. The Bertz CT molecular complexity index is 259. The summed E-state index contributed by atoms with van der Waals surface area (Å²) in [5.74, 6) is 0.515. The van der Waals surface area contributed by atoms with E-state index in [1.807, 2.05) is 5.38 Å². The maximum atomic E-state index is 10.5. The Labute approximate surface area is 74.3 Å². The van der Waals surface area contributed by atoms with Crippen LogP contribution in [-0.4, -0.2) is 10.9 Å². The van der Waals surface area contributed by atoms with Gasteiger partial charge in [-0.05, 0) is 0 Å². The highest BCUT2D eigenvalue weighted by Crippen LogP contribution is 2.15. The zero-order chi connectivity index (χ0) is 8.27. The van der Waals surface area contributed by atoms with Crippen LogP contribution in [0.15, 0.2) is 5.38 Å². The molecular formula is C6H8N2OS2. The lowest BCUT2D eigenvalue weighted by atomic mass is 10.6.